The third-order valence-corrected chi connectivity index (χ3v) is 3.09. The lowest BCUT2D eigenvalue weighted by molar-refractivity contribution is 1.19. The molecule has 0 fully saturated rings. The van der Waals surface area contributed by atoms with E-state index in [0.29, 0.717) is 0 Å². The monoisotopic (exact) mass is 354 g/mol. The highest BCUT2D eigenvalue weighted by Gasteiger charge is 1.91. The van der Waals surface area contributed by atoms with Crippen molar-refractivity contribution in [3.8, 4) is 0 Å². The van der Waals surface area contributed by atoms with Gasteiger partial charge in [0, 0.05) is 30.6 Å². The van der Waals surface area contributed by atoms with Gasteiger partial charge in [0.15, 0.2) is 0 Å². The van der Waals surface area contributed by atoms with Crippen LogP contribution in [-0.2, 0) is 0 Å². The SMILES string of the molecule is C=Cc1ccccc1NC.CC.CC.CC.Cc1cc2ccccn2c1. The molecule has 0 saturated carbocycles. The molecule has 0 atom stereocenters. The Morgan fingerprint density at radius 1 is 0.885 bits per heavy atom. The molecule has 0 amide bonds. The first-order chi connectivity index (χ1) is 12.7. The van der Waals surface area contributed by atoms with Crippen LogP contribution in [0.25, 0.3) is 11.6 Å². The summed E-state index contributed by atoms with van der Waals surface area (Å²) in [6, 6.07) is 16.4. The van der Waals surface area contributed by atoms with E-state index < -0.39 is 0 Å². The number of fused-ring (bicyclic) bond motifs is 1. The van der Waals surface area contributed by atoms with Crippen LogP contribution in [0.4, 0.5) is 5.69 Å². The van der Waals surface area contributed by atoms with Crippen molar-refractivity contribution in [2.45, 2.75) is 48.5 Å². The van der Waals surface area contributed by atoms with Crippen molar-refractivity contribution in [3.63, 3.8) is 0 Å². The summed E-state index contributed by atoms with van der Waals surface area (Å²) in [5.41, 5.74) is 4.84. The Labute approximate surface area is 161 Å². The maximum atomic E-state index is 3.70. The summed E-state index contributed by atoms with van der Waals surface area (Å²) < 4.78 is 2.12. The lowest BCUT2D eigenvalue weighted by Gasteiger charge is -2.02. The number of benzene rings is 1. The quantitative estimate of drug-likeness (QED) is 0.498. The molecule has 2 aromatic heterocycles. The summed E-state index contributed by atoms with van der Waals surface area (Å²) in [7, 11) is 1.91. The van der Waals surface area contributed by atoms with E-state index in [-0.39, 0.29) is 0 Å². The van der Waals surface area contributed by atoms with Gasteiger partial charge in [-0.05, 0) is 42.3 Å². The fourth-order valence-corrected chi connectivity index (χ4v) is 2.10. The van der Waals surface area contributed by atoms with Crippen LogP contribution in [0.3, 0.4) is 0 Å². The van der Waals surface area contributed by atoms with E-state index in [4.69, 9.17) is 0 Å². The van der Waals surface area contributed by atoms with E-state index in [1.165, 1.54) is 11.1 Å². The maximum Gasteiger partial charge on any atom is 0.0452 e. The van der Waals surface area contributed by atoms with Crippen molar-refractivity contribution in [2.24, 2.45) is 0 Å². The van der Waals surface area contributed by atoms with Gasteiger partial charge in [-0.15, -0.1) is 0 Å². The minimum absolute atomic E-state index is 1.12. The van der Waals surface area contributed by atoms with Crippen molar-refractivity contribution in [1.29, 1.82) is 0 Å². The molecular formula is C24H38N2. The maximum absolute atomic E-state index is 3.70. The molecule has 3 rings (SSSR count). The molecule has 0 aliphatic heterocycles. The molecule has 0 unspecified atom stereocenters. The molecule has 0 radical (unpaired) electrons. The number of hydrogen-bond donors (Lipinski definition) is 1. The molecule has 0 spiro atoms. The standard InChI is InChI=1S/C9H9N.C9H11N.3C2H6/c1-8-6-9-4-2-3-5-10(9)7-8;1-3-8-6-4-5-7-9(8)10-2;3*1-2/h2-7H,1H3;3-7,10H,1H2,2H3;3*1-2H3. The van der Waals surface area contributed by atoms with Crippen molar-refractivity contribution in [2.75, 3.05) is 12.4 Å². The van der Waals surface area contributed by atoms with Crippen molar-refractivity contribution in [1.82, 2.24) is 4.40 Å². The molecule has 1 aromatic carbocycles. The van der Waals surface area contributed by atoms with Crippen LogP contribution in [-0.4, -0.2) is 11.4 Å². The van der Waals surface area contributed by atoms with Gasteiger partial charge in [0.25, 0.3) is 0 Å². The van der Waals surface area contributed by atoms with E-state index in [1.54, 1.807) is 0 Å². The number of aromatic nitrogens is 1. The predicted molar refractivity (Wildman–Crippen MR) is 122 cm³/mol. The lowest BCUT2D eigenvalue weighted by atomic mass is 10.2. The molecular weight excluding hydrogens is 316 g/mol. The molecule has 0 aliphatic rings. The average molecular weight is 355 g/mol. The summed E-state index contributed by atoms with van der Waals surface area (Å²) in [6.07, 6.45) is 6.02. The van der Waals surface area contributed by atoms with Crippen molar-refractivity contribution < 1.29 is 0 Å². The molecule has 2 heteroatoms. The number of aryl methyl sites for hydroxylation is 1. The number of nitrogens with one attached hydrogen (secondary N) is 1. The number of pyridine rings is 1. The summed E-state index contributed by atoms with van der Waals surface area (Å²) in [6.45, 7) is 17.8. The lowest BCUT2D eigenvalue weighted by Crippen LogP contribution is -1.89. The molecule has 2 heterocycles. The zero-order chi connectivity index (χ0) is 20.4. The Morgan fingerprint density at radius 3 is 1.96 bits per heavy atom. The zero-order valence-corrected chi connectivity index (χ0v) is 18.0. The fraction of sp³-hybridized carbons (Fsp3) is 0.333. The fourth-order valence-electron chi connectivity index (χ4n) is 2.10. The van der Waals surface area contributed by atoms with Gasteiger partial charge in [0.05, 0.1) is 0 Å². The summed E-state index contributed by atoms with van der Waals surface area (Å²) >= 11 is 0. The molecule has 0 bridgehead atoms. The second-order valence-corrected chi connectivity index (χ2v) is 4.59. The average Bonchev–Trinajstić information content (AvgIpc) is 3.13. The van der Waals surface area contributed by atoms with Gasteiger partial charge >= 0.3 is 0 Å². The van der Waals surface area contributed by atoms with Gasteiger partial charge in [-0.2, -0.15) is 0 Å². The van der Waals surface area contributed by atoms with Gasteiger partial charge in [0.1, 0.15) is 0 Å². The molecule has 144 valence electrons. The molecule has 0 aliphatic carbocycles. The molecule has 2 nitrogen and oxygen atoms in total. The number of hydrogen-bond acceptors (Lipinski definition) is 1. The Kier molecular flexibility index (Phi) is 17.2. The van der Waals surface area contributed by atoms with Gasteiger partial charge in [-0.25, -0.2) is 0 Å². The molecule has 26 heavy (non-hydrogen) atoms. The molecule has 3 aromatic rings. The smallest absolute Gasteiger partial charge is 0.0452 e. The second kappa shape index (κ2) is 17.3. The van der Waals surface area contributed by atoms with Crippen LogP contribution in [0.5, 0.6) is 0 Å². The van der Waals surface area contributed by atoms with E-state index in [9.17, 15) is 0 Å². The van der Waals surface area contributed by atoms with Gasteiger partial charge in [0.2, 0.25) is 0 Å². The van der Waals surface area contributed by atoms with Crippen LogP contribution >= 0.6 is 0 Å². The van der Waals surface area contributed by atoms with Crippen LogP contribution in [0.2, 0.25) is 0 Å². The Morgan fingerprint density at radius 2 is 1.46 bits per heavy atom. The zero-order valence-electron chi connectivity index (χ0n) is 18.0. The van der Waals surface area contributed by atoms with Crippen LogP contribution in [0.1, 0.15) is 52.7 Å². The first-order valence-corrected chi connectivity index (χ1v) is 9.67. The Balaban J connectivity index is 0. The molecule has 1 N–H and O–H groups in total. The highest BCUT2D eigenvalue weighted by Crippen LogP contribution is 2.14. The minimum atomic E-state index is 1.12. The Hall–Kier alpha value is -2.48. The van der Waals surface area contributed by atoms with E-state index >= 15 is 0 Å². The minimum Gasteiger partial charge on any atom is -0.388 e. The summed E-state index contributed by atoms with van der Waals surface area (Å²) in [4.78, 5) is 0. The van der Waals surface area contributed by atoms with Gasteiger partial charge in [-0.3, -0.25) is 0 Å². The van der Waals surface area contributed by atoms with Crippen molar-refractivity contribution >= 4 is 17.3 Å². The predicted octanol–water partition coefficient (Wildman–Crippen LogP) is 7.70. The highest BCUT2D eigenvalue weighted by molar-refractivity contribution is 5.65. The summed E-state index contributed by atoms with van der Waals surface area (Å²) in [5.74, 6) is 0. The second-order valence-electron chi connectivity index (χ2n) is 4.59. The van der Waals surface area contributed by atoms with Crippen LogP contribution in [0, 0.1) is 6.92 Å². The number of rotatable bonds is 2. The van der Waals surface area contributed by atoms with E-state index in [0.717, 1.165) is 11.3 Å². The summed E-state index contributed by atoms with van der Waals surface area (Å²) in [5, 5.41) is 3.08. The normalized spacial score (nSPS) is 8.15. The van der Waals surface area contributed by atoms with Crippen molar-refractivity contribution in [3.05, 3.63) is 78.6 Å². The third-order valence-electron chi connectivity index (χ3n) is 3.09. The van der Waals surface area contributed by atoms with E-state index in [2.05, 4.69) is 53.8 Å². The largest absolute Gasteiger partial charge is 0.388 e. The number of nitrogens with zero attached hydrogens (tertiary/aromatic N) is 1. The highest BCUT2D eigenvalue weighted by atomic mass is 14.8. The van der Waals surface area contributed by atoms with E-state index in [1.807, 2.05) is 85.0 Å². The molecule has 0 saturated heterocycles. The number of anilines is 1. The van der Waals surface area contributed by atoms with Gasteiger partial charge < -0.3 is 9.72 Å². The number of para-hydroxylation sites is 1. The van der Waals surface area contributed by atoms with Crippen LogP contribution < -0.4 is 5.32 Å². The van der Waals surface area contributed by atoms with Gasteiger partial charge in [-0.1, -0.05) is 78.5 Å². The Bertz CT molecular complexity index is 663. The van der Waals surface area contributed by atoms with Crippen LogP contribution in [0.15, 0.2) is 67.5 Å². The topological polar surface area (TPSA) is 16.4 Å². The first kappa shape index (κ1) is 25.8. The third kappa shape index (κ3) is 9.12. The first-order valence-electron chi connectivity index (χ1n) is 9.67.